The number of ether oxygens (including phenoxy) is 3. The minimum atomic E-state index is 0.276. The summed E-state index contributed by atoms with van der Waals surface area (Å²) in [5.41, 5.74) is 0.996. The van der Waals surface area contributed by atoms with Crippen LogP contribution in [0.4, 0.5) is 0 Å². The largest absolute Gasteiger partial charge is 0.473 e. The van der Waals surface area contributed by atoms with Crippen molar-refractivity contribution < 1.29 is 14.2 Å². The van der Waals surface area contributed by atoms with Crippen molar-refractivity contribution in [3.8, 4) is 17.4 Å². The van der Waals surface area contributed by atoms with Crippen molar-refractivity contribution in [2.24, 2.45) is 0 Å². The first kappa shape index (κ1) is 11.2. The van der Waals surface area contributed by atoms with E-state index in [2.05, 4.69) is 4.98 Å². The summed E-state index contributed by atoms with van der Waals surface area (Å²) in [5.74, 6) is 2.06. The molecule has 0 saturated heterocycles. The van der Waals surface area contributed by atoms with Crippen LogP contribution in [0.25, 0.3) is 0 Å². The monoisotopic (exact) mass is 263 g/mol. The Bertz CT molecular complexity index is 557. The maximum absolute atomic E-state index is 5.74. The minimum Gasteiger partial charge on any atom is -0.473 e. The predicted molar refractivity (Wildman–Crippen MR) is 66.1 cm³/mol. The third-order valence-corrected chi connectivity index (χ3v) is 2.75. The van der Waals surface area contributed by atoms with Crippen LogP contribution in [-0.2, 0) is 6.61 Å². The standard InChI is InChI=1S/C13H10ClNO3/c14-10-2-4-13(15-6-10)16-7-9-1-3-11-12(5-9)18-8-17-11/h1-6H,7-8H2. The van der Waals surface area contributed by atoms with Gasteiger partial charge in [-0.15, -0.1) is 0 Å². The van der Waals surface area contributed by atoms with E-state index in [4.69, 9.17) is 25.8 Å². The number of halogens is 1. The molecule has 0 bridgehead atoms. The van der Waals surface area contributed by atoms with E-state index in [0.717, 1.165) is 17.1 Å². The molecule has 18 heavy (non-hydrogen) atoms. The molecule has 0 amide bonds. The summed E-state index contributed by atoms with van der Waals surface area (Å²) < 4.78 is 16.1. The van der Waals surface area contributed by atoms with Crippen LogP contribution in [0.3, 0.4) is 0 Å². The van der Waals surface area contributed by atoms with Crippen molar-refractivity contribution in [3.05, 3.63) is 47.1 Å². The maximum Gasteiger partial charge on any atom is 0.231 e. The molecule has 1 aliphatic heterocycles. The van der Waals surface area contributed by atoms with Gasteiger partial charge in [0.05, 0.1) is 5.02 Å². The Morgan fingerprint density at radius 3 is 2.89 bits per heavy atom. The molecule has 0 unspecified atom stereocenters. The van der Waals surface area contributed by atoms with Gasteiger partial charge in [0, 0.05) is 12.3 Å². The van der Waals surface area contributed by atoms with Gasteiger partial charge in [-0.25, -0.2) is 4.98 Å². The van der Waals surface area contributed by atoms with Crippen LogP contribution in [-0.4, -0.2) is 11.8 Å². The number of hydrogen-bond acceptors (Lipinski definition) is 4. The van der Waals surface area contributed by atoms with Crippen LogP contribution in [0, 0.1) is 0 Å². The molecule has 0 aliphatic carbocycles. The molecule has 4 nitrogen and oxygen atoms in total. The van der Waals surface area contributed by atoms with Crippen LogP contribution in [0.1, 0.15) is 5.56 Å². The Labute approximate surface area is 109 Å². The molecule has 1 aromatic heterocycles. The van der Waals surface area contributed by atoms with Crippen molar-refractivity contribution in [1.82, 2.24) is 4.98 Å². The number of hydrogen-bond donors (Lipinski definition) is 0. The molecule has 0 spiro atoms. The highest BCUT2D eigenvalue weighted by Crippen LogP contribution is 2.32. The Morgan fingerprint density at radius 2 is 2.06 bits per heavy atom. The van der Waals surface area contributed by atoms with Gasteiger partial charge in [0.1, 0.15) is 6.61 Å². The third kappa shape index (κ3) is 2.33. The number of benzene rings is 1. The van der Waals surface area contributed by atoms with Gasteiger partial charge < -0.3 is 14.2 Å². The molecule has 1 aliphatic rings. The smallest absolute Gasteiger partial charge is 0.231 e. The minimum absolute atomic E-state index is 0.276. The normalized spacial score (nSPS) is 12.5. The highest BCUT2D eigenvalue weighted by Gasteiger charge is 2.13. The second kappa shape index (κ2) is 4.74. The van der Waals surface area contributed by atoms with Gasteiger partial charge in [-0.2, -0.15) is 0 Å². The Kier molecular flexibility index (Phi) is 2.94. The molecular formula is C13H10ClNO3. The Hall–Kier alpha value is -1.94. The summed E-state index contributed by atoms with van der Waals surface area (Å²) in [4.78, 5) is 4.06. The molecule has 0 atom stereocenters. The lowest BCUT2D eigenvalue weighted by Crippen LogP contribution is -1.97. The molecule has 5 heteroatoms. The summed E-state index contributed by atoms with van der Waals surface area (Å²) in [5, 5.41) is 0.588. The van der Waals surface area contributed by atoms with Gasteiger partial charge >= 0.3 is 0 Å². The fraction of sp³-hybridized carbons (Fsp3) is 0.154. The van der Waals surface area contributed by atoms with Crippen LogP contribution in [0.2, 0.25) is 5.02 Å². The molecule has 0 saturated carbocycles. The first-order valence-electron chi connectivity index (χ1n) is 5.44. The number of rotatable bonds is 3. The van der Waals surface area contributed by atoms with Crippen LogP contribution in [0.15, 0.2) is 36.5 Å². The van der Waals surface area contributed by atoms with E-state index in [-0.39, 0.29) is 6.79 Å². The van der Waals surface area contributed by atoms with Crippen molar-refractivity contribution in [2.75, 3.05) is 6.79 Å². The van der Waals surface area contributed by atoms with E-state index in [1.54, 1.807) is 18.3 Å². The molecule has 2 heterocycles. The summed E-state index contributed by atoms with van der Waals surface area (Å²) in [7, 11) is 0. The average Bonchev–Trinajstić information content (AvgIpc) is 2.85. The first-order chi connectivity index (χ1) is 8.81. The lowest BCUT2D eigenvalue weighted by molar-refractivity contribution is 0.174. The first-order valence-corrected chi connectivity index (χ1v) is 5.82. The van der Waals surface area contributed by atoms with Gasteiger partial charge in [-0.05, 0) is 23.8 Å². The van der Waals surface area contributed by atoms with E-state index >= 15 is 0 Å². The summed E-state index contributed by atoms with van der Waals surface area (Å²) in [6.45, 7) is 0.698. The topological polar surface area (TPSA) is 40.6 Å². The number of nitrogens with zero attached hydrogens (tertiary/aromatic N) is 1. The zero-order valence-corrected chi connectivity index (χ0v) is 10.2. The summed E-state index contributed by atoms with van der Waals surface area (Å²) >= 11 is 5.74. The molecule has 0 radical (unpaired) electrons. The fourth-order valence-electron chi connectivity index (χ4n) is 1.64. The summed E-state index contributed by atoms with van der Waals surface area (Å²) in [6, 6.07) is 9.18. The van der Waals surface area contributed by atoms with Crippen molar-refractivity contribution in [2.45, 2.75) is 6.61 Å². The van der Waals surface area contributed by atoms with Gasteiger partial charge in [0.25, 0.3) is 0 Å². The summed E-state index contributed by atoms with van der Waals surface area (Å²) in [6.07, 6.45) is 1.55. The van der Waals surface area contributed by atoms with Crippen molar-refractivity contribution in [1.29, 1.82) is 0 Å². The maximum atomic E-state index is 5.74. The zero-order chi connectivity index (χ0) is 12.4. The van der Waals surface area contributed by atoms with Crippen LogP contribution >= 0.6 is 11.6 Å². The number of aromatic nitrogens is 1. The SMILES string of the molecule is Clc1ccc(OCc2ccc3c(c2)OCO3)nc1. The molecule has 0 N–H and O–H groups in total. The van der Waals surface area contributed by atoms with Crippen molar-refractivity contribution >= 4 is 11.6 Å². The Balaban J connectivity index is 1.68. The molecular weight excluding hydrogens is 254 g/mol. The van der Waals surface area contributed by atoms with Crippen LogP contribution < -0.4 is 14.2 Å². The van der Waals surface area contributed by atoms with E-state index in [9.17, 15) is 0 Å². The van der Waals surface area contributed by atoms with E-state index in [1.165, 1.54) is 0 Å². The van der Waals surface area contributed by atoms with Gasteiger partial charge in [0.15, 0.2) is 11.5 Å². The quantitative estimate of drug-likeness (QED) is 0.853. The second-order valence-electron chi connectivity index (χ2n) is 3.79. The van der Waals surface area contributed by atoms with Crippen LogP contribution in [0.5, 0.6) is 17.4 Å². The lowest BCUT2D eigenvalue weighted by Gasteiger charge is -2.06. The highest BCUT2D eigenvalue weighted by atomic mass is 35.5. The van der Waals surface area contributed by atoms with E-state index in [0.29, 0.717) is 17.5 Å². The predicted octanol–water partition coefficient (Wildman–Crippen LogP) is 3.04. The molecule has 3 rings (SSSR count). The molecule has 0 fully saturated rings. The molecule has 1 aromatic carbocycles. The zero-order valence-electron chi connectivity index (χ0n) is 9.43. The second-order valence-corrected chi connectivity index (χ2v) is 4.23. The Morgan fingerprint density at radius 1 is 1.17 bits per heavy atom. The molecule has 2 aromatic rings. The number of pyridine rings is 1. The lowest BCUT2D eigenvalue weighted by atomic mass is 10.2. The van der Waals surface area contributed by atoms with Gasteiger partial charge in [0.2, 0.25) is 12.7 Å². The molecule has 92 valence electrons. The van der Waals surface area contributed by atoms with Crippen molar-refractivity contribution in [3.63, 3.8) is 0 Å². The fourth-order valence-corrected chi connectivity index (χ4v) is 1.75. The van der Waals surface area contributed by atoms with Gasteiger partial charge in [-0.1, -0.05) is 17.7 Å². The van der Waals surface area contributed by atoms with E-state index < -0.39 is 0 Å². The highest BCUT2D eigenvalue weighted by molar-refractivity contribution is 6.30. The average molecular weight is 264 g/mol. The van der Waals surface area contributed by atoms with Gasteiger partial charge in [-0.3, -0.25) is 0 Å². The number of fused-ring (bicyclic) bond motifs is 1. The van der Waals surface area contributed by atoms with E-state index in [1.807, 2.05) is 18.2 Å². The third-order valence-electron chi connectivity index (χ3n) is 2.52.